The van der Waals surface area contributed by atoms with E-state index >= 15 is 0 Å². The van der Waals surface area contributed by atoms with E-state index in [0.29, 0.717) is 5.75 Å². The number of nitrogens with zero attached hydrogens (tertiary/aromatic N) is 8. The molecule has 0 radical (unpaired) electrons. The molecular formula is C35H40F2N8O4. The molecule has 258 valence electrons. The second-order valence-corrected chi connectivity index (χ2v) is 12.4. The van der Waals surface area contributed by atoms with Crippen molar-refractivity contribution in [1.82, 2.24) is 19.8 Å². The number of ether oxygens (including phenoxy) is 3. The molecule has 49 heavy (non-hydrogen) atoms. The van der Waals surface area contributed by atoms with Crippen LogP contribution in [0.4, 0.5) is 25.8 Å². The fourth-order valence-corrected chi connectivity index (χ4v) is 6.37. The Morgan fingerprint density at radius 1 is 0.959 bits per heavy atom. The number of rotatable bonds is 11. The Bertz CT molecular complexity index is 1720. The van der Waals surface area contributed by atoms with Crippen molar-refractivity contribution in [3.63, 3.8) is 0 Å². The van der Waals surface area contributed by atoms with Gasteiger partial charge in [-0.05, 0) is 74.0 Å². The van der Waals surface area contributed by atoms with E-state index in [-0.39, 0.29) is 31.4 Å². The minimum absolute atomic E-state index is 0.0365. The third-order valence-corrected chi connectivity index (χ3v) is 9.31. The summed E-state index contributed by atoms with van der Waals surface area (Å²) in [6.45, 7) is 7.97. The maximum atomic E-state index is 14.9. The van der Waals surface area contributed by atoms with Crippen molar-refractivity contribution in [1.29, 1.82) is 0 Å². The number of halogens is 2. The summed E-state index contributed by atoms with van der Waals surface area (Å²) >= 11 is 0. The first-order chi connectivity index (χ1) is 23.8. The molecular weight excluding hydrogens is 634 g/mol. The SMILES string of the molecule is CCC(C)N1N=CN(c2ccc(N3CCN(c4ccc(OC[C@H]5CO[C@](Cn6cncn6)(c6ccc(F)cc6F)O5)cc4)CC3)cc2)C1O. The molecule has 1 aromatic heterocycles. The van der Waals surface area contributed by atoms with E-state index in [1.54, 1.807) is 16.2 Å². The summed E-state index contributed by atoms with van der Waals surface area (Å²) in [5, 5.41) is 20.9. The van der Waals surface area contributed by atoms with E-state index in [9.17, 15) is 13.9 Å². The number of aromatic nitrogens is 3. The summed E-state index contributed by atoms with van der Waals surface area (Å²) in [5.41, 5.74) is 3.22. The Balaban J connectivity index is 0.910. The first kappa shape index (κ1) is 32.7. The fourth-order valence-electron chi connectivity index (χ4n) is 6.37. The van der Waals surface area contributed by atoms with E-state index < -0.39 is 29.9 Å². The third-order valence-electron chi connectivity index (χ3n) is 9.31. The number of benzene rings is 3. The van der Waals surface area contributed by atoms with Crippen molar-refractivity contribution in [2.75, 3.05) is 54.1 Å². The summed E-state index contributed by atoms with van der Waals surface area (Å²) in [6.07, 6.45) is 4.13. The molecule has 0 amide bonds. The van der Waals surface area contributed by atoms with Crippen LogP contribution < -0.4 is 19.4 Å². The predicted molar refractivity (Wildman–Crippen MR) is 180 cm³/mol. The van der Waals surface area contributed by atoms with Crippen LogP contribution in [0.25, 0.3) is 0 Å². The molecule has 1 N–H and O–H groups in total. The maximum Gasteiger partial charge on any atom is 0.228 e. The van der Waals surface area contributed by atoms with Gasteiger partial charge in [-0.2, -0.15) is 10.2 Å². The van der Waals surface area contributed by atoms with Gasteiger partial charge < -0.3 is 29.1 Å². The largest absolute Gasteiger partial charge is 0.491 e. The molecule has 0 saturated carbocycles. The summed E-state index contributed by atoms with van der Waals surface area (Å²) in [6, 6.07) is 19.6. The van der Waals surface area contributed by atoms with Crippen LogP contribution in [0.2, 0.25) is 0 Å². The van der Waals surface area contributed by atoms with Gasteiger partial charge >= 0.3 is 0 Å². The average molecular weight is 675 g/mol. The zero-order valence-electron chi connectivity index (χ0n) is 27.5. The van der Waals surface area contributed by atoms with Crippen molar-refractivity contribution in [2.24, 2.45) is 5.10 Å². The predicted octanol–water partition coefficient (Wildman–Crippen LogP) is 4.37. The van der Waals surface area contributed by atoms with Crippen molar-refractivity contribution >= 4 is 23.4 Å². The first-order valence-corrected chi connectivity index (χ1v) is 16.5. The van der Waals surface area contributed by atoms with E-state index in [1.807, 2.05) is 43.3 Å². The molecule has 7 rings (SSSR count). The highest BCUT2D eigenvalue weighted by Crippen LogP contribution is 2.38. The Hall–Kier alpha value is -4.79. The van der Waals surface area contributed by atoms with Gasteiger partial charge in [-0.15, -0.1) is 0 Å². The molecule has 0 spiro atoms. The molecule has 0 bridgehead atoms. The van der Waals surface area contributed by atoms with Crippen molar-refractivity contribution in [3.05, 3.63) is 96.6 Å². The highest BCUT2D eigenvalue weighted by molar-refractivity contribution is 5.81. The van der Waals surface area contributed by atoms with E-state index in [2.05, 4.69) is 44.0 Å². The van der Waals surface area contributed by atoms with Crippen LogP contribution in [-0.4, -0.2) is 89.1 Å². The zero-order chi connectivity index (χ0) is 34.0. The van der Waals surface area contributed by atoms with Crippen molar-refractivity contribution in [3.8, 4) is 5.75 Å². The number of hydrogen-bond acceptors (Lipinski definition) is 11. The van der Waals surface area contributed by atoms with Gasteiger partial charge in [0.2, 0.25) is 12.1 Å². The van der Waals surface area contributed by atoms with E-state index in [4.69, 9.17) is 14.2 Å². The Morgan fingerprint density at radius 2 is 1.63 bits per heavy atom. The summed E-state index contributed by atoms with van der Waals surface area (Å²) in [4.78, 5) is 10.4. The van der Waals surface area contributed by atoms with Gasteiger partial charge in [-0.25, -0.2) is 23.5 Å². The minimum Gasteiger partial charge on any atom is -0.491 e. The molecule has 3 aliphatic heterocycles. The lowest BCUT2D eigenvalue weighted by Crippen LogP contribution is -2.46. The average Bonchev–Trinajstić information content (AvgIpc) is 3.88. The lowest BCUT2D eigenvalue weighted by atomic mass is 10.0. The van der Waals surface area contributed by atoms with Crippen LogP contribution in [0, 0.1) is 11.6 Å². The molecule has 12 nitrogen and oxygen atoms in total. The van der Waals surface area contributed by atoms with Crippen LogP contribution in [0.5, 0.6) is 5.75 Å². The minimum atomic E-state index is -1.51. The van der Waals surface area contributed by atoms with E-state index in [0.717, 1.165) is 55.7 Å². The van der Waals surface area contributed by atoms with Crippen LogP contribution in [0.1, 0.15) is 25.8 Å². The van der Waals surface area contributed by atoms with Gasteiger partial charge in [0.1, 0.15) is 55.6 Å². The van der Waals surface area contributed by atoms with Gasteiger partial charge in [0.25, 0.3) is 0 Å². The maximum absolute atomic E-state index is 14.9. The monoisotopic (exact) mass is 674 g/mol. The first-order valence-electron chi connectivity index (χ1n) is 16.5. The number of hydrogen-bond donors (Lipinski definition) is 1. The molecule has 4 aromatic rings. The number of aliphatic hydroxyl groups is 1. The standard InChI is InChI=1S/C35H40F2N8O4/c1-3-25(2)45-34(46)44(24-40-45)29-7-5-27(6-8-29)41-14-16-42(17-15-41)28-9-11-30(12-10-28)47-19-31-20-48-35(49-31,21-43-23-38-22-39-43)32-13-4-26(36)18-33(32)37/h4-13,18,22-25,31,34,46H,3,14-17,19-21H2,1-2H3/t25?,31-,34?,35-/m0/s1. The zero-order valence-corrected chi connectivity index (χ0v) is 27.5. The molecule has 14 heteroatoms. The lowest BCUT2D eigenvalue weighted by Gasteiger charge is -2.37. The Morgan fingerprint density at radius 3 is 2.27 bits per heavy atom. The number of aliphatic hydroxyl groups excluding tert-OH is 1. The normalized spacial score (nSPS) is 23.0. The third kappa shape index (κ3) is 6.89. The molecule has 3 aromatic carbocycles. The molecule has 0 aliphatic carbocycles. The summed E-state index contributed by atoms with van der Waals surface area (Å²) in [7, 11) is 0. The van der Waals surface area contributed by atoms with Crippen molar-refractivity contribution in [2.45, 2.75) is 51.1 Å². The van der Waals surface area contributed by atoms with Gasteiger partial charge in [-0.3, -0.25) is 4.90 Å². The summed E-state index contributed by atoms with van der Waals surface area (Å²) in [5.74, 6) is -2.28. The van der Waals surface area contributed by atoms with Gasteiger partial charge in [-0.1, -0.05) is 6.92 Å². The smallest absolute Gasteiger partial charge is 0.228 e. The quantitative estimate of drug-likeness (QED) is 0.247. The molecule has 4 atom stereocenters. The highest BCUT2D eigenvalue weighted by Gasteiger charge is 2.46. The van der Waals surface area contributed by atoms with Gasteiger partial charge in [0.15, 0.2) is 0 Å². The van der Waals surface area contributed by atoms with E-state index in [1.165, 1.54) is 29.5 Å². The summed E-state index contributed by atoms with van der Waals surface area (Å²) < 4.78 is 48.3. The topological polar surface area (TPSA) is 104 Å². The Labute approximate surface area is 283 Å². The molecule has 2 fully saturated rings. The second-order valence-electron chi connectivity index (χ2n) is 12.4. The van der Waals surface area contributed by atoms with Crippen LogP contribution >= 0.6 is 0 Å². The number of anilines is 3. The van der Waals surface area contributed by atoms with Crippen LogP contribution in [0.3, 0.4) is 0 Å². The Kier molecular flexibility index (Phi) is 9.34. The number of piperazine rings is 1. The lowest BCUT2D eigenvalue weighted by molar-refractivity contribution is -0.192. The van der Waals surface area contributed by atoms with Crippen LogP contribution in [-0.2, 0) is 21.8 Å². The second kappa shape index (κ2) is 14.0. The number of hydrazone groups is 1. The fraction of sp³-hybridized carbons (Fsp3) is 0.400. The van der Waals surface area contributed by atoms with Crippen LogP contribution in [0.15, 0.2) is 84.5 Å². The molecule has 2 unspecified atom stereocenters. The molecule has 4 heterocycles. The molecule has 3 aliphatic rings. The van der Waals surface area contributed by atoms with Crippen molar-refractivity contribution < 1.29 is 28.1 Å². The molecule has 2 saturated heterocycles. The van der Waals surface area contributed by atoms with Gasteiger partial charge in [0, 0.05) is 60.9 Å². The highest BCUT2D eigenvalue weighted by atomic mass is 19.1. The van der Waals surface area contributed by atoms with Gasteiger partial charge in [0.05, 0.1) is 6.61 Å².